The molecule has 1 amide bonds. The third-order valence-electron chi connectivity index (χ3n) is 3.07. The number of rotatable bonds is 4. The molecule has 1 aliphatic rings. The van der Waals surface area contributed by atoms with Gasteiger partial charge in [-0.25, -0.2) is 0 Å². The summed E-state index contributed by atoms with van der Waals surface area (Å²) < 4.78 is 6.58. The van der Waals surface area contributed by atoms with Gasteiger partial charge >= 0.3 is 0 Å². The fourth-order valence-electron chi connectivity index (χ4n) is 1.80. The van der Waals surface area contributed by atoms with Crippen molar-refractivity contribution >= 4 is 21.8 Å². The number of ether oxygens (including phenoxy) is 1. The molecule has 1 saturated carbocycles. The zero-order valence-corrected chi connectivity index (χ0v) is 11.4. The van der Waals surface area contributed by atoms with E-state index in [-0.39, 0.29) is 5.91 Å². The lowest BCUT2D eigenvalue weighted by Gasteiger charge is -2.25. The summed E-state index contributed by atoms with van der Waals surface area (Å²) in [6.07, 6.45) is 3.84. The smallest absolute Gasteiger partial charge is 0.251 e. The predicted molar refractivity (Wildman–Crippen MR) is 70.4 cm³/mol. The van der Waals surface area contributed by atoms with Crippen molar-refractivity contribution in [2.45, 2.75) is 19.3 Å². The first kappa shape index (κ1) is 12.4. The van der Waals surface area contributed by atoms with E-state index in [1.807, 2.05) is 6.07 Å². The van der Waals surface area contributed by atoms with Crippen molar-refractivity contribution < 1.29 is 9.53 Å². The van der Waals surface area contributed by atoms with Crippen LogP contribution in [0.3, 0.4) is 0 Å². The van der Waals surface area contributed by atoms with Crippen LogP contribution in [0.2, 0.25) is 0 Å². The Morgan fingerprint density at radius 1 is 1.47 bits per heavy atom. The lowest BCUT2D eigenvalue weighted by molar-refractivity contribution is 0.0962. The second kappa shape index (κ2) is 5.54. The Balaban J connectivity index is 2.04. The van der Waals surface area contributed by atoms with Gasteiger partial charge in [0.25, 0.3) is 5.91 Å². The van der Waals surface area contributed by atoms with E-state index in [9.17, 15) is 4.79 Å². The van der Waals surface area contributed by atoms with E-state index in [2.05, 4.69) is 21.2 Å². The maximum absolute atomic E-state index is 11.5. The van der Waals surface area contributed by atoms with Crippen LogP contribution < -0.4 is 10.1 Å². The predicted octanol–water partition coefficient (Wildman–Crippen LogP) is 2.99. The molecule has 1 aromatic rings. The Bertz CT molecular complexity index is 416. The number of amides is 1. The van der Waals surface area contributed by atoms with Crippen LogP contribution >= 0.6 is 15.9 Å². The zero-order chi connectivity index (χ0) is 12.3. The van der Waals surface area contributed by atoms with E-state index in [0.29, 0.717) is 11.5 Å². The highest BCUT2D eigenvalue weighted by molar-refractivity contribution is 9.10. The van der Waals surface area contributed by atoms with E-state index < -0.39 is 0 Å². The molecule has 0 aliphatic heterocycles. The summed E-state index contributed by atoms with van der Waals surface area (Å²) in [7, 11) is 1.62. The first-order valence-electron chi connectivity index (χ1n) is 5.84. The molecule has 1 aromatic carbocycles. The van der Waals surface area contributed by atoms with Crippen LogP contribution in [0.4, 0.5) is 0 Å². The normalized spacial score (nSPS) is 15.2. The van der Waals surface area contributed by atoms with Crippen molar-refractivity contribution in [3.8, 4) is 5.75 Å². The summed E-state index contributed by atoms with van der Waals surface area (Å²) in [6.45, 7) is 0.754. The summed E-state index contributed by atoms with van der Waals surface area (Å²) >= 11 is 3.39. The molecule has 0 bridgehead atoms. The first-order valence-corrected chi connectivity index (χ1v) is 6.64. The molecule has 1 aliphatic carbocycles. The monoisotopic (exact) mass is 297 g/mol. The number of carbonyl (C=O) groups excluding carboxylic acids is 1. The summed E-state index contributed by atoms with van der Waals surface area (Å²) in [6, 6.07) is 5.46. The number of hydrogen-bond acceptors (Lipinski definition) is 2. The fourth-order valence-corrected chi connectivity index (χ4v) is 2.27. The molecule has 0 radical (unpaired) electrons. The van der Waals surface area contributed by atoms with Gasteiger partial charge in [-0.1, -0.05) is 22.4 Å². The Kier molecular flexibility index (Phi) is 4.05. The van der Waals surface area contributed by atoms with E-state index >= 15 is 0 Å². The van der Waals surface area contributed by atoms with Gasteiger partial charge in [-0.05, 0) is 37.0 Å². The molecule has 0 aromatic heterocycles. The van der Waals surface area contributed by atoms with Gasteiger partial charge in [0.05, 0.1) is 6.61 Å². The topological polar surface area (TPSA) is 38.3 Å². The van der Waals surface area contributed by atoms with Crippen LogP contribution in [0.5, 0.6) is 5.75 Å². The van der Waals surface area contributed by atoms with Crippen molar-refractivity contribution in [1.82, 2.24) is 5.32 Å². The van der Waals surface area contributed by atoms with Crippen LogP contribution in [0.15, 0.2) is 22.7 Å². The minimum atomic E-state index is -0.0974. The highest BCUT2D eigenvalue weighted by atomic mass is 79.9. The lowest BCUT2D eigenvalue weighted by atomic mass is 9.86. The standard InChI is InChI=1S/C13H16BrNO2/c1-15-13(16)10-5-11(14)7-12(6-10)17-8-9-3-2-4-9/h5-7,9H,2-4,8H2,1H3,(H,15,16). The lowest BCUT2D eigenvalue weighted by Crippen LogP contribution is -2.20. The molecule has 2 rings (SSSR count). The van der Waals surface area contributed by atoms with Gasteiger partial charge in [-0.2, -0.15) is 0 Å². The van der Waals surface area contributed by atoms with E-state index in [1.54, 1.807) is 19.2 Å². The second-order valence-corrected chi connectivity index (χ2v) is 5.28. The Morgan fingerprint density at radius 3 is 2.82 bits per heavy atom. The summed E-state index contributed by atoms with van der Waals surface area (Å²) in [4.78, 5) is 11.5. The average molecular weight is 298 g/mol. The fraction of sp³-hybridized carbons (Fsp3) is 0.462. The molecule has 0 saturated heterocycles. The Morgan fingerprint density at radius 2 is 2.24 bits per heavy atom. The van der Waals surface area contributed by atoms with E-state index in [4.69, 9.17) is 4.74 Å². The highest BCUT2D eigenvalue weighted by Gasteiger charge is 2.18. The summed E-state index contributed by atoms with van der Waals surface area (Å²) in [5.74, 6) is 1.35. The van der Waals surface area contributed by atoms with Crippen molar-refractivity contribution in [2.75, 3.05) is 13.7 Å². The minimum Gasteiger partial charge on any atom is -0.493 e. The van der Waals surface area contributed by atoms with Gasteiger partial charge in [0.2, 0.25) is 0 Å². The number of hydrogen-bond donors (Lipinski definition) is 1. The molecule has 0 spiro atoms. The molecule has 0 unspecified atom stereocenters. The maximum Gasteiger partial charge on any atom is 0.251 e. The summed E-state index contributed by atoms with van der Waals surface area (Å²) in [5, 5.41) is 2.61. The molecule has 0 atom stereocenters. The van der Waals surface area contributed by atoms with Crippen molar-refractivity contribution in [3.05, 3.63) is 28.2 Å². The SMILES string of the molecule is CNC(=O)c1cc(Br)cc(OCC2CCC2)c1. The number of nitrogens with one attached hydrogen (secondary N) is 1. The number of benzene rings is 1. The molecule has 17 heavy (non-hydrogen) atoms. The maximum atomic E-state index is 11.5. The van der Waals surface area contributed by atoms with Crippen LogP contribution in [0.25, 0.3) is 0 Å². The number of halogens is 1. The highest BCUT2D eigenvalue weighted by Crippen LogP contribution is 2.28. The zero-order valence-electron chi connectivity index (χ0n) is 9.83. The van der Waals surface area contributed by atoms with Crippen LogP contribution in [-0.2, 0) is 0 Å². The van der Waals surface area contributed by atoms with Gasteiger partial charge in [-0.3, -0.25) is 4.79 Å². The van der Waals surface area contributed by atoms with Gasteiger partial charge < -0.3 is 10.1 Å². The number of carbonyl (C=O) groups is 1. The Labute approximate surface area is 110 Å². The van der Waals surface area contributed by atoms with Crippen molar-refractivity contribution in [3.63, 3.8) is 0 Å². The minimum absolute atomic E-state index is 0.0974. The summed E-state index contributed by atoms with van der Waals surface area (Å²) in [5.41, 5.74) is 0.616. The van der Waals surface area contributed by atoms with Crippen molar-refractivity contribution in [1.29, 1.82) is 0 Å². The van der Waals surface area contributed by atoms with Gasteiger partial charge in [0.15, 0.2) is 0 Å². The second-order valence-electron chi connectivity index (χ2n) is 4.36. The van der Waals surface area contributed by atoms with E-state index in [0.717, 1.165) is 16.8 Å². The third kappa shape index (κ3) is 3.22. The van der Waals surface area contributed by atoms with Crippen LogP contribution in [0, 0.1) is 5.92 Å². The van der Waals surface area contributed by atoms with Crippen LogP contribution in [-0.4, -0.2) is 19.6 Å². The molecule has 1 fully saturated rings. The van der Waals surface area contributed by atoms with Gasteiger partial charge in [-0.15, -0.1) is 0 Å². The molecule has 3 nitrogen and oxygen atoms in total. The molecule has 4 heteroatoms. The molecular formula is C13H16BrNO2. The van der Waals surface area contributed by atoms with Gasteiger partial charge in [0.1, 0.15) is 5.75 Å². The van der Waals surface area contributed by atoms with Crippen LogP contribution in [0.1, 0.15) is 29.6 Å². The van der Waals surface area contributed by atoms with Crippen molar-refractivity contribution in [2.24, 2.45) is 5.92 Å². The largest absolute Gasteiger partial charge is 0.493 e. The third-order valence-corrected chi connectivity index (χ3v) is 3.53. The van der Waals surface area contributed by atoms with Gasteiger partial charge in [0, 0.05) is 17.1 Å². The molecular weight excluding hydrogens is 282 g/mol. The quantitative estimate of drug-likeness (QED) is 0.928. The average Bonchev–Trinajstić information content (AvgIpc) is 2.25. The first-order chi connectivity index (χ1) is 8.19. The van der Waals surface area contributed by atoms with E-state index in [1.165, 1.54) is 19.3 Å². The molecule has 0 heterocycles. The molecule has 1 N–H and O–H groups in total. The Hall–Kier alpha value is -1.03. The molecule has 92 valence electrons.